The van der Waals surface area contributed by atoms with Crippen molar-refractivity contribution in [1.29, 1.82) is 0 Å². The minimum absolute atomic E-state index is 0.0189. The molecule has 0 fully saturated rings. The Hall–Kier alpha value is -1.68. The standard InChI is InChI=1S/C16H17FO2S/c1-3-13-8-10-14(11-9-13)20(18,19)16(17)15-7-5-4-6-12(15)2/h4-11,16H,3H2,1-2H3. The number of sulfone groups is 1. The van der Waals surface area contributed by atoms with E-state index in [9.17, 15) is 12.8 Å². The molecule has 0 heterocycles. The van der Waals surface area contributed by atoms with Gasteiger partial charge in [-0.1, -0.05) is 43.3 Å². The van der Waals surface area contributed by atoms with E-state index in [0.717, 1.165) is 12.0 Å². The van der Waals surface area contributed by atoms with E-state index in [-0.39, 0.29) is 10.5 Å². The summed E-state index contributed by atoms with van der Waals surface area (Å²) in [5.41, 5.74) is -0.174. The predicted molar refractivity (Wildman–Crippen MR) is 78.0 cm³/mol. The molecule has 0 saturated heterocycles. The zero-order chi connectivity index (χ0) is 14.8. The Bertz CT molecular complexity index is 691. The molecule has 0 bridgehead atoms. The van der Waals surface area contributed by atoms with Gasteiger partial charge in [-0.2, -0.15) is 0 Å². The lowest BCUT2D eigenvalue weighted by atomic mass is 10.1. The number of benzene rings is 2. The van der Waals surface area contributed by atoms with Crippen molar-refractivity contribution in [3.05, 3.63) is 65.2 Å². The van der Waals surface area contributed by atoms with E-state index in [4.69, 9.17) is 0 Å². The largest absolute Gasteiger partial charge is 0.230 e. The molecule has 2 rings (SSSR count). The molecular weight excluding hydrogens is 275 g/mol. The van der Waals surface area contributed by atoms with Gasteiger partial charge in [-0.3, -0.25) is 0 Å². The van der Waals surface area contributed by atoms with Crippen molar-refractivity contribution in [2.75, 3.05) is 0 Å². The van der Waals surface area contributed by atoms with Crippen molar-refractivity contribution in [3.8, 4) is 0 Å². The Morgan fingerprint density at radius 2 is 1.65 bits per heavy atom. The van der Waals surface area contributed by atoms with E-state index in [1.807, 2.05) is 6.92 Å². The summed E-state index contributed by atoms with van der Waals surface area (Å²) >= 11 is 0. The molecule has 2 aromatic rings. The van der Waals surface area contributed by atoms with Crippen molar-refractivity contribution < 1.29 is 12.8 Å². The number of aryl methyl sites for hydroxylation is 2. The fourth-order valence-corrected chi connectivity index (χ4v) is 3.40. The molecule has 106 valence electrons. The van der Waals surface area contributed by atoms with Gasteiger partial charge >= 0.3 is 0 Å². The van der Waals surface area contributed by atoms with Crippen LogP contribution in [0.2, 0.25) is 0 Å². The van der Waals surface area contributed by atoms with Crippen LogP contribution < -0.4 is 0 Å². The molecule has 0 aliphatic carbocycles. The third-order valence-corrected chi connectivity index (χ3v) is 5.09. The van der Waals surface area contributed by atoms with Gasteiger partial charge in [-0.25, -0.2) is 12.8 Å². The van der Waals surface area contributed by atoms with Crippen LogP contribution in [0.5, 0.6) is 0 Å². The summed E-state index contributed by atoms with van der Waals surface area (Å²) in [6, 6.07) is 13.0. The summed E-state index contributed by atoms with van der Waals surface area (Å²) in [6.07, 6.45) is 0.817. The zero-order valence-electron chi connectivity index (χ0n) is 11.5. The topological polar surface area (TPSA) is 34.1 Å². The summed E-state index contributed by atoms with van der Waals surface area (Å²) in [4.78, 5) is 0.0189. The van der Waals surface area contributed by atoms with Crippen LogP contribution in [0, 0.1) is 6.92 Å². The summed E-state index contributed by atoms with van der Waals surface area (Å²) < 4.78 is 39.1. The highest BCUT2D eigenvalue weighted by molar-refractivity contribution is 7.91. The quantitative estimate of drug-likeness (QED) is 0.853. The molecule has 1 atom stereocenters. The van der Waals surface area contributed by atoms with Crippen LogP contribution in [-0.2, 0) is 16.3 Å². The Balaban J connectivity index is 2.41. The van der Waals surface area contributed by atoms with Crippen molar-refractivity contribution in [2.24, 2.45) is 0 Å². The average molecular weight is 292 g/mol. The maximum absolute atomic E-state index is 14.5. The van der Waals surface area contributed by atoms with Crippen LogP contribution in [-0.4, -0.2) is 8.42 Å². The predicted octanol–water partition coefficient (Wildman–Crippen LogP) is 4.00. The lowest BCUT2D eigenvalue weighted by Gasteiger charge is -2.13. The molecular formula is C16H17FO2S. The van der Waals surface area contributed by atoms with E-state index in [1.165, 1.54) is 18.2 Å². The first-order valence-electron chi connectivity index (χ1n) is 6.49. The van der Waals surface area contributed by atoms with E-state index in [2.05, 4.69) is 0 Å². The van der Waals surface area contributed by atoms with Gasteiger partial charge in [0.25, 0.3) is 0 Å². The fraction of sp³-hybridized carbons (Fsp3) is 0.250. The van der Waals surface area contributed by atoms with E-state index >= 15 is 0 Å². The molecule has 2 nitrogen and oxygen atoms in total. The fourth-order valence-electron chi connectivity index (χ4n) is 2.04. The molecule has 0 aliphatic heterocycles. The first-order valence-corrected chi connectivity index (χ1v) is 8.04. The molecule has 4 heteroatoms. The first-order chi connectivity index (χ1) is 9.46. The van der Waals surface area contributed by atoms with Crippen molar-refractivity contribution in [1.82, 2.24) is 0 Å². The molecule has 0 amide bonds. The third kappa shape index (κ3) is 2.75. The van der Waals surface area contributed by atoms with Crippen LogP contribution in [0.1, 0.15) is 29.1 Å². The minimum Gasteiger partial charge on any atom is -0.224 e. The monoisotopic (exact) mass is 292 g/mol. The second-order valence-electron chi connectivity index (χ2n) is 4.72. The van der Waals surface area contributed by atoms with Gasteiger partial charge in [-0.15, -0.1) is 0 Å². The van der Waals surface area contributed by atoms with E-state index in [1.54, 1.807) is 37.3 Å². The molecule has 2 aromatic carbocycles. The van der Waals surface area contributed by atoms with Crippen molar-refractivity contribution >= 4 is 9.84 Å². The van der Waals surface area contributed by atoms with Crippen LogP contribution in [0.3, 0.4) is 0 Å². The van der Waals surface area contributed by atoms with E-state index in [0.29, 0.717) is 5.56 Å². The summed E-state index contributed by atoms with van der Waals surface area (Å²) in [7, 11) is -4.01. The van der Waals surface area contributed by atoms with Gasteiger partial charge in [0.05, 0.1) is 4.90 Å². The molecule has 0 spiro atoms. The number of hydrogen-bond acceptors (Lipinski definition) is 2. The number of alkyl halides is 1. The zero-order valence-corrected chi connectivity index (χ0v) is 12.3. The number of hydrogen-bond donors (Lipinski definition) is 0. The number of rotatable bonds is 4. The molecule has 0 radical (unpaired) electrons. The molecule has 0 aromatic heterocycles. The van der Waals surface area contributed by atoms with Gasteiger partial charge in [0.2, 0.25) is 15.3 Å². The Kier molecular flexibility index (Phi) is 4.23. The lowest BCUT2D eigenvalue weighted by Crippen LogP contribution is -2.10. The van der Waals surface area contributed by atoms with Gasteiger partial charge < -0.3 is 0 Å². The van der Waals surface area contributed by atoms with Crippen LogP contribution >= 0.6 is 0 Å². The number of halogens is 1. The van der Waals surface area contributed by atoms with Gasteiger partial charge in [0.15, 0.2) is 0 Å². The van der Waals surface area contributed by atoms with Crippen LogP contribution in [0.25, 0.3) is 0 Å². The van der Waals surface area contributed by atoms with Gasteiger partial charge in [-0.05, 0) is 36.6 Å². The minimum atomic E-state index is -4.01. The lowest BCUT2D eigenvalue weighted by molar-refractivity contribution is 0.429. The summed E-state index contributed by atoms with van der Waals surface area (Å²) in [6.45, 7) is 3.69. The van der Waals surface area contributed by atoms with Gasteiger partial charge in [0, 0.05) is 5.56 Å². The molecule has 0 saturated carbocycles. The average Bonchev–Trinajstić information content (AvgIpc) is 2.47. The Morgan fingerprint density at radius 3 is 2.20 bits per heavy atom. The van der Waals surface area contributed by atoms with Crippen molar-refractivity contribution in [2.45, 2.75) is 30.7 Å². The van der Waals surface area contributed by atoms with Crippen molar-refractivity contribution in [3.63, 3.8) is 0 Å². The molecule has 0 N–H and O–H groups in total. The summed E-state index contributed by atoms with van der Waals surface area (Å²) in [5.74, 6) is 0. The van der Waals surface area contributed by atoms with Crippen LogP contribution in [0.4, 0.5) is 4.39 Å². The first kappa shape index (κ1) is 14.7. The smallest absolute Gasteiger partial charge is 0.224 e. The third-order valence-electron chi connectivity index (χ3n) is 3.37. The highest BCUT2D eigenvalue weighted by atomic mass is 32.2. The van der Waals surface area contributed by atoms with Crippen LogP contribution in [0.15, 0.2) is 53.4 Å². The summed E-state index contributed by atoms with van der Waals surface area (Å²) in [5, 5.41) is 0. The highest BCUT2D eigenvalue weighted by Gasteiger charge is 2.29. The van der Waals surface area contributed by atoms with Gasteiger partial charge in [0.1, 0.15) is 0 Å². The molecule has 0 aliphatic rings. The Labute approximate surface area is 119 Å². The molecule has 20 heavy (non-hydrogen) atoms. The Morgan fingerprint density at radius 1 is 1.05 bits per heavy atom. The maximum atomic E-state index is 14.5. The highest BCUT2D eigenvalue weighted by Crippen LogP contribution is 2.31. The normalized spacial score (nSPS) is 13.2. The second-order valence-corrected chi connectivity index (χ2v) is 6.69. The SMILES string of the molecule is CCc1ccc(S(=O)(=O)C(F)c2ccccc2C)cc1. The second kappa shape index (κ2) is 5.75. The van der Waals surface area contributed by atoms with E-state index < -0.39 is 15.3 Å². The maximum Gasteiger partial charge on any atom is 0.230 e. The molecule has 1 unspecified atom stereocenters.